The van der Waals surface area contributed by atoms with Crippen molar-refractivity contribution >= 4 is 5.82 Å². The fourth-order valence-corrected chi connectivity index (χ4v) is 2.67. The second kappa shape index (κ2) is 6.56. The Morgan fingerprint density at radius 2 is 1.81 bits per heavy atom. The standard InChI is InChI=1S/C19H18N6O2/c1-11-4-7-14(10-12(11)2)25-17(20)16(22-24-25)19-21-18(23-27-19)13-5-8-15(26-3)9-6-13/h4-10H,20H2,1-3H3. The Labute approximate surface area is 155 Å². The lowest BCUT2D eigenvalue weighted by Gasteiger charge is -2.06. The van der Waals surface area contributed by atoms with Crippen LogP contribution in [0.3, 0.4) is 0 Å². The molecule has 0 saturated heterocycles. The Hall–Kier alpha value is -3.68. The molecule has 0 aliphatic heterocycles. The van der Waals surface area contributed by atoms with Gasteiger partial charge in [0.05, 0.1) is 12.8 Å². The van der Waals surface area contributed by atoms with E-state index in [0.717, 1.165) is 22.6 Å². The fraction of sp³-hybridized carbons (Fsp3) is 0.158. The maximum atomic E-state index is 6.23. The van der Waals surface area contributed by atoms with E-state index in [0.29, 0.717) is 17.3 Å². The highest BCUT2D eigenvalue weighted by Crippen LogP contribution is 2.27. The molecule has 0 unspecified atom stereocenters. The van der Waals surface area contributed by atoms with Crippen LogP contribution >= 0.6 is 0 Å². The van der Waals surface area contributed by atoms with Crippen LogP contribution in [0.2, 0.25) is 0 Å². The van der Waals surface area contributed by atoms with E-state index in [9.17, 15) is 0 Å². The summed E-state index contributed by atoms with van der Waals surface area (Å²) in [6.07, 6.45) is 0. The number of ether oxygens (including phenoxy) is 1. The molecule has 2 aromatic carbocycles. The van der Waals surface area contributed by atoms with Gasteiger partial charge in [-0.15, -0.1) is 5.10 Å². The van der Waals surface area contributed by atoms with Crippen molar-refractivity contribution in [1.82, 2.24) is 25.1 Å². The minimum atomic E-state index is 0.216. The van der Waals surface area contributed by atoms with Gasteiger partial charge < -0.3 is 15.0 Å². The smallest absolute Gasteiger partial charge is 0.282 e. The molecule has 0 bridgehead atoms. The molecule has 0 spiro atoms. The number of nitrogens with zero attached hydrogens (tertiary/aromatic N) is 5. The van der Waals surface area contributed by atoms with E-state index in [-0.39, 0.29) is 5.89 Å². The molecular weight excluding hydrogens is 344 g/mol. The largest absolute Gasteiger partial charge is 0.497 e. The summed E-state index contributed by atoms with van der Waals surface area (Å²) in [6.45, 7) is 4.08. The summed E-state index contributed by atoms with van der Waals surface area (Å²) in [4.78, 5) is 4.39. The Kier molecular flexibility index (Phi) is 4.08. The molecule has 0 aliphatic carbocycles. The summed E-state index contributed by atoms with van der Waals surface area (Å²) in [5.74, 6) is 1.74. The number of rotatable bonds is 4. The van der Waals surface area contributed by atoms with Crippen molar-refractivity contribution in [2.45, 2.75) is 13.8 Å². The van der Waals surface area contributed by atoms with E-state index < -0.39 is 0 Å². The van der Waals surface area contributed by atoms with Gasteiger partial charge in [0.1, 0.15) is 5.75 Å². The first kappa shape index (κ1) is 16.8. The van der Waals surface area contributed by atoms with Gasteiger partial charge in [0.15, 0.2) is 11.5 Å². The lowest BCUT2D eigenvalue weighted by Crippen LogP contribution is -2.03. The molecule has 8 heteroatoms. The first-order valence-corrected chi connectivity index (χ1v) is 8.34. The van der Waals surface area contributed by atoms with Gasteiger partial charge in [-0.1, -0.05) is 16.4 Å². The highest BCUT2D eigenvalue weighted by Gasteiger charge is 2.20. The Morgan fingerprint density at radius 1 is 1.04 bits per heavy atom. The lowest BCUT2D eigenvalue weighted by molar-refractivity contribution is 0.414. The van der Waals surface area contributed by atoms with Crippen molar-refractivity contribution in [3.05, 3.63) is 53.6 Å². The maximum absolute atomic E-state index is 6.23. The molecular formula is C19H18N6O2. The molecule has 0 amide bonds. The highest BCUT2D eigenvalue weighted by molar-refractivity contribution is 5.66. The summed E-state index contributed by atoms with van der Waals surface area (Å²) < 4.78 is 12.1. The van der Waals surface area contributed by atoms with Crippen LogP contribution in [-0.2, 0) is 0 Å². The molecule has 136 valence electrons. The lowest BCUT2D eigenvalue weighted by atomic mass is 10.1. The number of aryl methyl sites for hydroxylation is 2. The third-order valence-electron chi connectivity index (χ3n) is 4.42. The number of hydrogen-bond donors (Lipinski definition) is 1. The van der Waals surface area contributed by atoms with Gasteiger partial charge in [-0.3, -0.25) is 0 Å². The number of nitrogen functional groups attached to an aromatic ring is 1. The second-order valence-electron chi connectivity index (χ2n) is 6.16. The third kappa shape index (κ3) is 3.01. The molecule has 2 N–H and O–H groups in total. The zero-order chi connectivity index (χ0) is 19.0. The van der Waals surface area contributed by atoms with E-state index in [4.69, 9.17) is 15.0 Å². The summed E-state index contributed by atoms with van der Waals surface area (Å²) in [7, 11) is 1.61. The predicted molar refractivity (Wildman–Crippen MR) is 101 cm³/mol. The van der Waals surface area contributed by atoms with Crippen LogP contribution < -0.4 is 10.5 Å². The summed E-state index contributed by atoms with van der Waals surface area (Å²) in [5, 5.41) is 12.3. The molecule has 0 atom stereocenters. The fourth-order valence-electron chi connectivity index (χ4n) is 2.67. The van der Waals surface area contributed by atoms with E-state index in [1.807, 2.05) is 56.3 Å². The number of methoxy groups -OCH3 is 1. The Bertz CT molecular complexity index is 1100. The van der Waals surface area contributed by atoms with Gasteiger partial charge in [0.25, 0.3) is 5.89 Å². The zero-order valence-corrected chi connectivity index (χ0v) is 15.2. The molecule has 0 saturated carbocycles. The topological polar surface area (TPSA) is 105 Å². The van der Waals surface area contributed by atoms with Crippen molar-refractivity contribution in [3.8, 4) is 34.4 Å². The van der Waals surface area contributed by atoms with Gasteiger partial charge in [-0.05, 0) is 61.4 Å². The Balaban J connectivity index is 1.67. The molecule has 0 fully saturated rings. The summed E-state index contributed by atoms with van der Waals surface area (Å²) >= 11 is 0. The van der Waals surface area contributed by atoms with Crippen molar-refractivity contribution in [2.24, 2.45) is 0 Å². The molecule has 2 aromatic heterocycles. The molecule has 0 aliphatic rings. The molecule has 27 heavy (non-hydrogen) atoms. The average Bonchev–Trinajstić information content (AvgIpc) is 3.31. The minimum absolute atomic E-state index is 0.216. The third-order valence-corrected chi connectivity index (χ3v) is 4.42. The number of hydrogen-bond acceptors (Lipinski definition) is 7. The van der Waals surface area contributed by atoms with Crippen molar-refractivity contribution < 1.29 is 9.26 Å². The van der Waals surface area contributed by atoms with E-state index in [2.05, 4.69) is 20.5 Å². The molecule has 4 rings (SSSR count). The van der Waals surface area contributed by atoms with Gasteiger partial charge in [0.2, 0.25) is 5.82 Å². The van der Waals surface area contributed by atoms with Crippen molar-refractivity contribution in [1.29, 1.82) is 0 Å². The van der Waals surface area contributed by atoms with Crippen molar-refractivity contribution in [2.75, 3.05) is 12.8 Å². The number of nitrogens with two attached hydrogens (primary N) is 1. The van der Waals surface area contributed by atoms with Crippen LogP contribution in [0.1, 0.15) is 11.1 Å². The molecule has 8 nitrogen and oxygen atoms in total. The number of benzene rings is 2. The van der Waals surface area contributed by atoms with Gasteiger partial charge in [-0.25, -0.2) is 0 Å². The normalized spacial score (nSPS) is 10.9. The molecule has 4 aromatic rings. The average molecular weight is 362 g/mol. The van der Waals surface area contributed by atoms with Gasteiger partial charge >= 0.3 is 0 Å². The number of aromatic nitrogens is 5. The zero-order valence-electron chi connectivity index (χ0n) is 15.2. The van der Waals surface area contributed by atoms with Crippen LogP contribution in [0.15, 0.2) is 47.0 Å². The molecule has 2 heterocycles. The van der Waals surface area contributed by atoms with E-state index >= 15 is 0 Å². The summed E-state index contributed by atoms with van der Waals surface area (Å²) in [5.41, 5.74) is 10.5. The highest BCUT2D eigenvalue weighted by atomic mass is 16.5. The first-order chi connectivity index (χ1) is 13.1. The van der Waals surface area contributed by atoms with Gasteiger partial charge in [0, 0.05) is 5.56 Å². The monoisotopic (exact) mass is 362 g/mol. The van der Waals surface area contributed by atoms with Crippen LogP contribution in [-0.4, -0.2) is 32.2 Å². The molecule has 0 radical (unpaired) electrons. The minimum Gasteiger partial charge on any atom is -0.497 e. The van der Waals surface area contributed by atoms with Crippen LogP contribution in [0, 0.1) is 13.8 Å². The predicted octanol–water partition coefficient (Wildman–Crippen LogP) is 3.19. The van der Waals surface area contributed by atoms with E-state index in [1.165, 1.54) is 5.56 Å². The Morgan fingerprint density at radius 3 is 2.52 bits per heavy atom. The van der Waals surface area contributed by atoms with Crippen LogP contribution in [0.5, 0.6) is 5.75 Å². The number of anilines is 1. The summed E-state index contributed by atoms with van der Waals surface area (Å²) in [6, 6.07) is 13.3. The maximum Gasteiger partial charge on any atom is 0.282 e. The van der Waals surface area contributed by atoms with E-state index in [1.54, 1.807) is 11.8 Å². The second-order valence-corrected chi connectivity index (χ2v) is 6.16. The first-order valence-electron chi connectivity index (χ1n) is 8.34. The van der Waals surface area contributed by atoms with Crippen LogP contribution in [0.4, 0.5) is 5.82 Å². The quantitative estimate of drug-likeness (QED) is 0.594. The SMILES string of the molecule is COc1ccc(-c2noc(-c3nnn(-c4ccc(C)c(C)c4)c3N)n2)cc1. The van der Waals surface area contributed by atoms with Crippen molar-refractivity contribution in [3.63, 3.8) is 0 Å². The van der Waals surface area contributed by atoms with Gasteiger partial charge in [-0.2, -0.15) is 9.67 Å². The van der Waals surface area contributed by atoms with Crippen LogP contribution in [0.25, 0.3) is 28.7 Å².